The number of hydrogen-bond acceptors (Lipinski definition) is 3. The van der Waals surface area contributed by atoms with Gasteiger partial charge in [0.05, 0.1) is 18.8 Å². The summed E-state index contributed by atoms with van der Waals surface area (Å²) in [5, 5.41) is 3.47. The van der Waals surface area contributed by atoms with Gasteiger partial charge in [-0.1, -0.05) is 27.7 Å². The Labute approximate surface area is 111 Å². The van der Waals surface area contributed by atoms with Crippen molar-refractivity contribution in [3.05, 3.63) is 0 Å². The molecule has 1 fully saturated rings. The van der Waals surface area contributed by atoms with Crippen molar-refractivity contribution in [2.45, 2.75) is 53.2 Å². The molecule has 4 heteroatoms. The standard InChI is InChI=1S/C14H28N2O2/c1-6-18-8-7-16-12(9-10(2)3)15-13(11(4)5)14(16)17/h10-13,15H,6-9H2,1-5H3. The minimum absolute atomic E-state index is 0.0321. The summed E-state index contributed by atoms with van der Waals surface area (Å²) in [5.74, 6) is 1.15. The lowest BCUT2D eigenvalue weighted by Crippen LogP contribution is -2.40. The molecule has 1 saturated heterocycles. The molecule has 1 amide bonds. The monoisotopic (exact) mass is 256 g/mol. The second-order valence-corrected chi connectivity index (χ2v) is 5.76. The molecule has 0 aromatic heterocycles. The van der Waals surface area contributed by atoms with Crippen LogP contribution in [0.25, 0.3) is 0 Å². The van der Waals surface area contributed by atoms with Crippen LogP contribution < -0.4 is 5.32 Å². The summed E-state index contributed by atoms with van der Waals surface area (Å²) in [6.45, 7) is 12.6. The Balaban J connectivity index is 2.64. The molecule has 1 heterocycles. The number of hydrogen-bond donors (Lipinski definition) is 1. The highest BCUT2D eigenvalue weighted by atomic mass is 16.5. The number of nitrogens with one attached hydrogen (secondary N) is 1. The molecular formula is C14H28N2O2. The summed E-state index contributed by atoms with van der Waals surface area (Å²) in [5.41, 5.74) is 0. The van der Waals surface area contributed by atoms with Gasteiger partial charge in [-0.15, -0.1) is 0 Å². The maximum Gasteiger partial charge on any atom is 0.241 e. The predicted molar refractivity (Wildman–Crippen MR) is 73.2 cm³/mol. The zero-order valence-electron chi connectivity index (χ0n) is 12.4. The van der Waals surface area contributed by atoms with Gasteiger partial charge in [-0.3, -0.25) is 10.1 Å². The Hall–Kier alpha value is -0.610. The summed E-state index contributed by atoms with van der Waals surface area (Å²) < 4.78 is 5.37. The van der Waals surface area contributed by atoms with Crippen molar-refractivity contribution >= 4 is 5.91 Å². The van der Waals surface area contributed by atoms with Crippen LogP contribution in [0, 0.1) is 11.8 Å². The van der Waals surface area contributed by atoms with E-state index in [0.717, 1.165) is 6.42 Å². The molecule has 0 radical (unpaired) electrons. The van der Waals surface area contributed by atoms with E-state index in [9.17, 15) is 4.79 Å². The van der Waals surface area contributed by atoms with Crippen LogP contribution in [-0.4, -0.2) is 42.8 Å². The zero-order chi connectivity index (χ0) is 13.7. The van der Waals surface area contributed by atoms with Gasteiger partial charge in [-0.2, -0.15) is 0 Å². The first-order chi connectivity index (χ1) is 8.47. The molecule has 2 unspecified atom stereocenters. The fraction of sp³-hybridized carbons (Fsp3) is 0.929. The van der Waals surface area contributed by atoms with E-state index in [1.807, 2.05) is 11.8 Å². The summed E-state index contributed by atoms with van der Waals surface area (Å²) in [6, 6.07) is -0.0321. The van der Waals surface area contributed by atoms with Crippen LogP contribution in [0.5, 0.6) is 0 Å². The molecule has 0 saturated carbocycles. The largest absolute Gasteiger partial charge is 0.380 e. The number of ether oxygens (including phenoxy) is 1. The van der Waals surface area contributed by atoms with Crippen LogP contribution in [0.2, 0.25) is 0 Å². The molecule has 1 aliphatic rings. The van der Waals surface area contributed by atoms with Crippen molar-refractivity contribution in [3.63, 3.8) is 0 Å². The third-order valence-electron chi connectivity index (χ3n) is 3.34. The average Bonchev–Trinajstić information content (AvgIpc) is 2.57. The molecule has 4 nitrogen and oxygen atoms in total. The highest BCUT2D eigenvalue weighted by Gasteiger charge is 2.39. The Morgan fingerprint density at radius 2 is 2.00 bits per heavy atom. The molecular weight excluding hydrogens is 228 g/mol. The average molecular weight is 256 g/mol. The van der Waals surface area contributed by atoms with Crippen molar-refractivity contribution in [1.29, 1.82) is 0 Å². The van der Waals surface area contributed by atoms with E-state index in [1.54, 1.807) is 0 Å². The minimum Gasteiger partial charge on any atom is -0.380 e. The first kappa shape index (κ1) is 15.4. The number of carbonyl (C=O) groups excluding carboxylic acids is 1. The molecule has 1 N–H and O–H groups in total. The van der Waals surface area contributed by atoms with Gasteiger partial charge < -0.3 is 9.64 Å². The molecule has 0 aliphatic carbocycles. The molecule has 1 aliphatic heterocycles. The lowest BCUT2D eigenvalue weighted by atomic mass is 10.0. The SMILES string of the molecule is CCOCCN1C(=O)C(C(C)C)NC1CC(C)C. The van der Waals surface area contributed by atoms with E-state index in [-0.39, 0.29) is 18.1 Å². The number of amides is 1. The fourth-order valence-corrected chi connectivity index (χ4v) is 2.39. The third-order valence-corrected chi connectivity index (χ3v) is 3.34. The molecule has 0 aromatic carbocycles. The predicted octanol–water partition coefficient (Wildman–Crippen LogP) is 1.85. The Morgan fingerprint density at radius 3 is 2.50 bits per heavy atom. The molecule has 106 valence electrons. The van der Waals surface area contributed by atoms with Crippen LogP contribution in [-0.2, 0) is 9.53 Å². The Bertz CT molecular complexity index is 267. The third kappa shape index (κ3) is 3.95. The van der Waals surface area contributed by atoms with Gasteiger partial charge in [0, 0.05) is 13.2 Å². The first-order valence-electron chi connectivity index (χ1n) is 7.11. The van der Waals surface area contributed by atoms with Crippen molar-refractivity contribution in [3.8, 4) is 0 Å². The normalized spacial score (nSPS) is 24.6. The van der Waals surface area contributed by atoms with E-state index < -0.39 is 0 Å². The molecule has 1 rings (SSSR count). The zero-order valence-corrected chi connectivity index (χ0v) is 12.4. The highest BCUT2D eigenvalue weighted by Crippen LogP contribution is 2.21. The minimum atomic E-state index is -0.0321. The van der Waals surface area contributed by atoms with Gasteiger partial charge >= 0.3 is 0 Å². The molecule has 0 spiro atoms. The second-order valence-electron chi connectivity index (χ2n) is 5.76. The van der Waals surface area contributed by atoms with E-state index in [1.165, 1.54) is 0 Å². The molecule has 18 heavy (non-hydrogen) atoms. The first-order valence-corrected chi connectivity index (χ1v) is 7.11. The van der Waals surface area contributed by atoms with Gasteiger partial charge in [0.25, 0.3) is 0 Å². The van der Waals surface area contributed by atoms with Crippen LogP contribution >= 0.6 is 0 Å². The second kappa shape index (κ2) is 7.10. The van der Waals surface area contributed by atoms with Crippen LogP contribution in [0.15, 0.2) is 0 Å². The van der Waals surface area contributed by atoms with E-state index >= 15 is 0 Å². The fourth-order valence-electron chi connectivity index (χ4n) is 2.39. The maximum absolute atomic E-state index is 12.3. The van der Waals surface area contributed by atoms with Gasteiger partial charge in [-0.05, 0) is 25.2 Å². The van der Waals surface area contributed by atoms with Gasteiger partial charge in [0.1, 0.15) is 0 Å². The molecule has 0 bridgehead atoms. The quantitative estimate of drug-likeness (QED) is 0.707. The number of carbonyl (C=O) groups is 1. The topological polar surface area (TPSA) is 41.6 Å². The summed E-state index contributed by atoms with van der Waals surface area (Å²) in [6.07, 6.45) is 1.17. The van der Waals surface area contributed by atoms with Gasteiger partial charge in [-0.25, -0.2) is 0 Å². The van der Waals surface area contributed by atoms with Gasteiger partial charge in [0.2, 0.25) is 5.91 Å². The number of nitrogens with zero attached hydrogens (tertiary/aromatic N) is 1. The molecule has 2 atom stereocenters. The summed E-state index contributed by atoms with van der Waals surface area (Å²) in [4.78, 5) is 14.3. The van der Waals surface area contributed by atoms with Crippen LogP contribution in [0.4, 0.5) is 0 Å². The van der Waals surface area contributed by atoms with E-state index in [2.05, 4.69) is 33.0 Å². The Morgan fingerprint density at radius 1 is 1.33 bits per heavy atom. The van der Waals surface area contributed by atoms with E-state index in [4.69, 9.17) is 4.74 Å². The molecule has 0 aromatic rings. The maximum atomic E-state index is 12.3. The van der Waals surface area contributed by atoms with Crippen LogP contribution in [0.3, 0.4) is 0 Å². The Kier molecular flexibility index (Phi) is 6.09. The van der Waals surface area contributed by atoms with Crippen LogP contribution in [0.1, 0.15) is 41.0 Å². The van der Waals surface area contributed by atoms with E-state index in [0.29, 0.717) is 31.6 Å². The summed E-state index contributed by atoms with van der Waals surface area (Å²) in [7, 11) is 0. The summed E-state index contributed by atoms with van der Waals surface area (Å²) >= 11 is 0. The lowest BCUT2D eigenvalue weighted by molar-refractivity contribution is -0.131. The number of rotatable bonds is 7. The smallest absolute Gasteiger partial charge is 0.241 e. The van der Waals surface area contributed by atoms with Crippen molar-refractivity contribution in [1.82, 2.24) is 10.2 Å². The van der Waals surface area contributed by atoms with Crippen molar-refractivity contribution in [2.24, 2.45) is 11.8 Å². The highest BCUT2D eigenvalue weighted by molar-refractivity contribution is 5.84. The lowest BCUT2D eigenvalue weighted by Gasteiger charge is -2.25. The van der Waals surface area contributed by atoms with Gasteiger partial charge in [0.15, 0.2) is 0 Å². The van der Waals surface area contributed by atoms with Crippen molar-refractivity contribution < 1.29 is 9.53 Å². The van der Waals surface area contributed by atoms with Crippen molar-refractivity contribution in [2.75, 3.05) is 19.8 Å².